The first-order chi connectivity index (χ1) is 7.16. The lowest BCUT2D eigenvalue weighted by Gasteiger charge is -2.12. The van der Waals surface area contributed by atoms with E-state index in [9.17, 15) is 0 Å². The Hall–Kier alpha value is -0.230. The number of thioether (sulfide) groups is 1. The van der Waals surface area contributed by atoms with Crippen LogP contribution in [-0.4, -0.2) is 17.5 Å². The van der Waals surface area contributed by atoms with Gasteiger partial charge in [-0.1, -0.05) is 11.8 Å². The minimum atomic E-state index is 0.940. The summed E-state index contributed by atoms with van der Waals surface area (Å²) in [5.41, 5.74) is 3.78. The molecule has 0 saturated carbocycles. The molecule has 0 aromatic heterocycles. The zero-order valence-corrected chi connectivity index (χ0v) is 11.8. The second-order valence-electron chi connectivity index (χ2n) is 3.57. The number of rotatable bonds is 1. The predicted molar refractivity (Wildman–Crippen MR) is 77.0 cm³/mol. The third-order valence-electron chi connectivity index (χ3n) is 2.31. The first kappa shape index (κ1) is 11.3. The largest absolute Gasteiger partial charge is 0.335 e. The second kappa shape index (κ2) is 4.74. The van der Waals surface area contributed by atoms with Gasteiger partial charge in [0.05, 0.1) is 6.54 Å². The van der Waals surface area contributed by atoms with E-state index in [-0.39, 0.29) is 0 Å². The van der Waals surface area contributed by atoms with E-state index in [1.807, 2.05) is 0 Å². The lowest BCUT2D eigenvalue weighted by molar-refractivity contribution is 1.17. The maximum absolute atomic E-state index is 4.40. The van der Waals surface area contributed by atoms with E-state index in [1.165, 1.54) is 20.4 Å². The lowest BCUT2D eigenvalue weighted by Crippen LogP contribution is -2.08. The van der Waals surface area contributed by atoms with Crippen LogP contribution in [-0.2, 0) is 0 Å². The van der Waals surface area contributed by atoms with Crippen LogP contribution in [0.3, 0.4) is 0 Å². The molecule has 1 aromatic carbocycles. The van der Waals surface area contributed by atoms with Crippen molar-refractivity contribution < 1.29 is 0 Å². The molecular weight excluding hydrogens is 319 g/mol. The van der Waals surface area contributed by atoms with Gasteiger partial charge in [-0.15, -0.1) is 0 Å². The predicted octanol–water partition coefficient (Wildman–Crippen LogP) is 3.42. The molecule has 0 spiro atoms. The summed E-state index contributed by atoms with van der Waals surface area (Å²) in [7, 11) is 0. The Bertz CT molecular complexity index is 392. The molecule has 80 valence electrons. The van der Waals surface area contributed by atoms with Gasteiger partial charge in [-0.3, -0.25) is 4.99 Å². The zero-order valence-electron chi connectivity index (χ0n) is 8.80. The molecule has 2 rings (SSSR count). The summed E-state index contributed by atoms with van der Waals surface area (Å²) in [6.07, 6.45) is 0. The number of aryl methyl sites for hydroxylation is 2. The summed E-state index contributed by atoms with van der Waals surface area (Å²) in [4.78, 5) is 4.40. The van der Waals surface area contributed by atoms with Gasteiger partial charge in [0.2, 0.25) is 0 Å². The Kier molecular flexibility index (Phi) is 3.56. The highest BCUT2D eigenvalue weighted by atomic mass is 127. The molecule has 0 radical (unpaired) electrons. The Morgan fingerprint density at radius 3 is 2.53 bits per heavy atom. The van der Waals surface area contributed by atoms with Crippen LogP contribution in [0.1, 0.15) is 11.1 Å². The molecule has 1 aliphatic heterocycles. The number of nitrogens with one attached hydrogen (secondary N) is 1. The van der Waals surface area contributed by atoms with E-state index >= 15 is 0 Å². The van der Waals surface area contributed by atoms with Crippen LogP contribution < -0.4 is 5.32 Å². The summed E-state index contributed by atoms with van der Waals surface area (Å²) in [6, 6.07) is 4.38. The standard InChI is InChI=1S/C11H13IN2S/c1-7-5-9(12)6-8(2)10(7)14-11-13-3-4-15-11/h5-6H,3-4H2,1-2H3,(H,13,14). The fraction of sp³-hybridized carbons (Fsp3) is 0.364. The molecule has 1 N–H and O–H groups in total. The van der Waals surface area contributed by atoms with Crippen LogP contribution >= 0.6 is 34.4 Å². The molecule has 0 aliphatic carbocycles. The van der Waals surface area contributed by atoms with E-state index < -0.39 is 0 Å². The van der Waals surface area contributed by atoms with Crippen molar-refractivity contribution in [1.29, 1.82) is 0 Å². The highest BCUT2D eigenvalue weighted by molar-refractivity contribution is 14.1. The van der Waals surface area contributed by atoms with Crippen LogP contribution in [0.4, 0.5) is 5.69 Å². The lowest BCUT2D eigenvalue weighted by atomic mass is 10.1. The summed E-state index contributed by atoms with van der Waals surface area (Å²) in [6.45, 7) is 5.21. The SMILES string of the molecule is Cc1cc(I)cc(C)c1NC1=NCCS1. The average Bonchev–Trinajstić information content (AvgIpc) is 2.63. The monoisotopic (exact) mass is 332 g/mol. The zero-order chi connectivity index (χ0) is 10.8. The van der Waals surface area contributed by atoms with Gasteiger partial charge in [0.1, 0.15) is 0 Å². The Labute approximate surface area is 108 Å². The van der Waals surface area contributed by atoms with Crippen LogP contribution in [0.25, 0.3) is 0 Å². The van der Waals surface area contributed by atoms with E-state index in [2.05, 4.69) is 58.9 Å². The smallest absolute Gasteiger partial charge is 0.161 e. The van der Waals surface area contributed by atoms with Crippen molar-refractivity contribution >= 4 is 45.2 Å². The van der Waals surface area contributed by atoms with Crippen LogP contribution in [0.5, 0.6) is 0 Å². The number of aliphatic imine (C=N–C) groups is 1. The number of nitrogens with zero attached hydrogens (tertiary/aromatic N) is 1. The molecule has 0 amide bonds. The summed E-state index contributed by atoms with van der Waals surface area (Å²) < 4.78 is 1.29. The number of hydrogen-bond acceptors (Lipinski definition) is 3. The van der Waals surface area contributed by atoms with Gasteiger partial charge < -0.3 is 5.32 Å². The molecule has 0 fully saturated rings. The van der Waals surface area contributed by atoms with Crippen molar-refractivity contribution in [2.24, 2.45) is 4.99 Å². The van der Waals surface area contributed by atoms with Crippen LogP contribution in [0.15, 0.2) is 17.1 Å². The van der Waals surface area contributed by atoms with Crippen molar-refractivity contribution in [3.8, 4) is 0 Å². The number of amidine groups is 1. The van der Waals surface area contributed by atoms with Crippen molar-refractivity contribution in [2.45, 2.75) is 13.8 Å². The second-order valence-corrected chi connectivity index (χ2v) is 5.90. The van der Waals surface area contributed by atoms with Crippen LogP contribution in [0.2, 0.25) is 0 Å². The van der Waals surface area contributed by atoms with Gasteiger partial charge in [-0.05, 0) is 59.7 Å². The summed E-state index contributed by atoms with van der Waals surface area (Å²) in [5, 5.41) is 4.47. The minimum absolute atomic E-state index is 0.940. The average molecular weight is 332 g/mol. The first-order valence-corrected chi connectivity index (χ1v) is 6.94. The fourth-order valence-corrected chi connectivity index (χ4v) is 3.29. The van der Waals surface area contributed by atoms with Crippen molar-refractivity contribution in [3.05, 3.63) is 26.8 Å². The maximum Gasteiger partial charge on any atom is 0.161 e. The molecule has 2 nitrogen and oxygen atoms in total. The van der Waals surface area contributed by atoms with Gasteiger partial charge >= 0.3 is 0 Å². The highest BCUT2D eigenvalue weighted by Crippen LogP contribution is 2.25. The van der Waals surface area contributed by atoms with E-state index in [0.717, 1.165) is 17.5 Å². The third kappa shape index (κ3) is 2.66. The summed E-state index contributed by atoms with van der Waals surface area (Å²) >= 11 is 4.14. The van der Waals surface area contributed by atoms with Gasteiger partial charge in [0, 0.05) is 15.0 Å². The third-order valence-corrected chi connectivity index (χ3v) is 3.83. The van der Waals surface area contributed by atoms with Gasteiger partial charge in [-0.25, -0.2) is 0 Å². The highest BCUT2D eigenvalue weighted by Gasteiger charge is 2.10. The Morgan fingerprint density at radius 2 is 2.00 bits per heavy atom. The molecule has 1 heterocycles. The molecule has 0 saturated heterocycles. The van der Waals surface area contributed by atoms with E-state index in [0.29, 0.717) is 0 Å². The number of halogens is 1. The van der Waals surface area contributed by atoms with Gasteiger partial charge in [0.25, 0.3) is 0 Å². The number of anilines is 1. The number of hydrogen-bond donors (Lipinski definition) is 1. The van der Waals surface area contributed by atoms with Crippen LogP contribution in [0, 0.1) is 17.4 Å². The molecule has 0 unspecified atom stereocenters. The van der Waals surface area contributed by atoms with E-state index in [4.69, 9.17) is 0 Å². The van der Waals surface area contributed by atoms with Crippen molar-refractivity contribution in [2.75, 3.05) is 17.6 Å². The molecule has 1 aromatic rings. The Morgan fingerprint density at radius 1 is 1.33 bits per heavy atom. The topological polar surface area (TPSA) is 24.4 Å². The fourth-order valence-electron chi connectivity index (χ4n) is 1.63. The molecule has 1 aliphatic rings. The molecule has 15 heavy (non-hydrogen) atoms. The van der Waals surface area contributed by atoms with E-state index in [1.54, 1.807) is 11.8 Å². The quantitative estimate of drug-likeness (QED) is 0.797. The molecule has 0 bridgehead atoms. The van der Waals surface area contributed by atoms with Gasteiger partial charge in [-0.2, -0.15) is 0 Å². The number of benzene rings is 1. The maximum atomic E-state index is 4.40. The minimum Gasteiger partial charge on any atom is -0.335 e. The molecule has 0 atom stereocenters. The molecular formula is C11H13IN2S. The van der Waals surface area contributed by atoms with Crippen molar-refractivity contribution in [3.63, 3.8) is 0 Å². The van der Waals surface area contributed by atoms with Gasteiger partial charge in [0.15, 0.2) is 5.17 Å². The first-order valence-electron chi connectivity index (χ1n) is 4.88. The Balaban J connectivity index is 2.27. The van der Waals surface area contributed by atoms with Crippen molar-refractivity contribution in [1.82, 2.24) is 0 Å². The summed E-state index contributed by atoms with van der Waals surface area (Å²) in [5.74, 6) is 1.10. The normalized spacial score (nSPS) is 15.3. The molecule has 4 heteroatoms.